The average Bonchev–Trinajstić information content (AvgIpc) is 2.37. The van der Waals surface area contributed by atoms with E-state index < -0.39 is 0 Å². The van der Waals surface area contributed by atoms with E-state index in [4.69, 9.17) is 21.4 Å². The Balaban J connectivity index is 2.09. The van der Waals surface area contributed by atoms with Crippen LogP contribution in [0.25, 0.3) is 0 Å². The SMILES string of the molecule is C[C@H]1CO[C@@H](CO)CN1Cc1cccc(Cl)c1F. The number of rotatable bonds is 3. The highest BCUT2D eigenvalue weighted by molar-refractivity contribution is 6.30. The zero-order chi connectivity index (χ0) is 13.1. The second-order valence-corrected chi connectivity index (χ2v) is 5.04. The molecule has 0 aliphatic carbocycles. The molecule has 1 N–H and O–H groups in total. The Labute approximate surface area is 111 Å². The first-order chi connectivity index (χ1) is 8.61. The molecule has 0 saturated carbocycles. The zero-order valence-corrected chi connectivity index (χ0v) is 11.0. The van der Waals surface area contributed by atoms with Gasteiger partial charge in [-0.05, 0) is 13.0 Å². The lowest BCUT2D eigenvalue weighted by Gasteiger charge is -2.37. The summed E-state index contributed by atoms with van der Waals surface area (Å²) in [6.45, 7) is 3.64. The topological polar surface area (TPSA) is 32.7 Å². The number of ether oxygens (including phenoxy) is 1. The van der Waals surface area contributed by atoms with Crippen molar-refractivity contribution in [3.05, 3.63) is 34.6 Å². The number of hydrogen-bond donors (Lipinski definition) is 1. The largest absolute Gasteiger partial charge is 0.394 e. The normalized spacial score (nSPS) is 25.3. The Hall–Kier alpha value is -0.680. The number of halogens is 2. The molecule has 3 nitrogen and oxygen atoms in total. The van der Waals surface area contributed by atoms with Crippen LogP contribution in [-0.4, -0.2) is 41.9 Å². The maximum Gasteiger partial charge on any atom is 0.146 e. The second-order valence-electron chi connectivity index (χ2n) is 4.63. The molecule has 18 heavy (non-hydrogen) atoms. The predicted molar refractivity (Wildman–Crippen MR) is 68.1 cm³/mol. The minimum Gasteiger partial charge on any atom is -0.394 e. The lowest BCUT2D eigenvalue weighted by molar-refractivity contribution is -0.0807. The summed E-state index contributed by atoms with van der Waals surface area (Å²) in [5.41, 5.74) is 0.577. The molecule has 5 heteroatoms. The van der Waals surface area contributed by atoms with Crippen molar-refractivity contribution in [1.29, 1.82) is 0 Å². The second kappa shape index (κ2) is 5.97. The van der Waals surface area contributed by atoms with E-state index in [1.165, 1.54) is 0 Å². The first-order valence-electron chi connectivity index (χ1n) is 6.01. The van der Waals surface area contributed by atoms with E-state index >= 15 is 0 Å². The number of morpholine rings is 1. The van der Waals surface area contributed by atoms with Crippen LogP contribution in [0.15, 0.2) is 18.2 Å². The van der Waals surface area contributed by atoms with Crippen LogP contribution in [0.3, 0.4) is 0 Å². The van der Waals surface area contributed by atoms with Crippen molar-refractivity contribution >= 4 is 11.6 Å². The molecule has 1 aliphatic heterocycles. The maximum atomic E-state index is 13.8. The van der Waals surface area contributed by atoms with Gasteiger partial charge in [0.05, 0.1) is 24.3 Å². The summed E-state index contributed by atoms with van der Waals surface area (Å²) in [7, 11) is 0. The third-order valence-electron chi connectivity index (χ3n) is 3.24. The highest BCUT2D eigenvalue weighted by Crippen LogP contribution is 2.21. The van der Waals surface area contributed by atoms with Crippen LogP contribution in [0.2, 0.25) is 5.02 Å². The van der Waals surface area contributed by atoms with Crippen LogP contribution in [-0.2, 0) is 11.3 Å². The number of nitrogens with zero attached hydrogens (tertiary/aromatic N) is 1. The van der Waals surface area contributed by atoms with E-state index in [9.17, 15) is 4.39 Å². The van der Waals surface area contributed by atoms with E-state index in [0.717, 1.165) is 0 Å². The molecule has 1 aliphatic rings. The molecule has 1 heterocycles. The Morgan fingerprint density at radius 1 is 1.56 bits per heavy atom. The van der Waals surface area contributed by atoms with Crippen LogP contribution >= 0.6 is 11.6 Å². The van der Waals surface area contributed by atoms with E-state index in [2.05, 4.69) is 4.90 Å². The predicted octanol–water partition coefficient (Wildman–Crippen LogP) is 2.06. The van der Waals surface area contributed by atoms with Crippen LogP contribution in [0.5, 0.6) is 0 Å². The summed E-state index contributed by atoms with van der Waals surface area (Å²) in [5.74, 6) is -0.363. The lowest BCUT2D eigenvalue weighted by Crippen LogP contribution is -2.48. The van der Waals surface area contributed by atoms with Crippen LogP contribution in [0.4, 0.5) is 4.39 Å². The highest BCUT2D eigenvalue weighted by atomic mass is 35.5. The van der Waals surface area contributed by atoms with Gasteiger partial charge in [-0.25, -0.2) is 4.39 Å². The van der Waals surface area contributed by atoms with Gasteiger partial charge >= 0.3 is 0 Å². The first-order valence-corrected chi connectivity index (χ1v) is 6.39. The van der Waals surface area contributed by atoms with Gasteiger partial charge in [-0.1, -0.05) is 23.7 Å². The molecule has 0 amide bonds. The molecular formula is C13H17ClFNO2. The van der Waals surface area contributed by atoms with Crippen molar-refractivity contribution in [3.8, 4) is 0 Å². The molecule has 100 valence electrons. The van der Waals surface area contributed by atoms with Crippen molar-refractivity contribution in [3.63, 3.8) is 0 Å². The Kier molecular flexibility index (Phi) is 4.56. The van der Waals surface area contributed by atoms with Gasteiger partial charge < -0.3 is 9.84 Å². The maximum absolute atomic E-state index is 13.8. The first kappa shape index (κ1) is 13.7. The van der Waals surface area contributed by atoms with Crippen molar-refractivity contribution in [2.24, 2.45) is 0 Å². The summed E-state index contributed by atoms with van der Waals surface area (Å²) in [4.78, 5) is 2.10. The average molecular weight is 274 g/mol. The van der Waals surface area contributed by atoms with E-state index in [1.807, 2.05) is 6.92 Å². The molecular weight excluding hydrogens is 257 g/mol. The van der Waals surface area contributed by atoms with E-state index in [1.54, 1.807) is 18.2 Å². The number of benzene rings is 1. The van der Waals surface area contributed by atoms with Crippen molar-refractivity contribution in [1.82, 2.24) is 4.90 Å². The molecule has 1 aromatic rings. The fourth-order valence-corrected chi connectivity index (χ4v) is 2.29. The lowest BCUT2D eigenvalue weighted by atomic mass is 10.1. The molecule has 0 unspecified atom stereocenters. The highest BCUT2D eigenvalue weighted by Gasteiger charge is 2.26. The van der Waals surface area contributed by atoms with E-state index in [0.29, 0.717) is 25.3 Å². The standard InChI is InChI=1S/C13H17ClFNO2/c1-9-8-18-11(7-17)6-16(9)5-10-3-2-4-12(14)13(10)15/h2-4,9,11,17H,5-8H2,1H3/t9-,11+/m0/s1. The summed E-state index contributed by atoms with van der Waals surface area (Å²) < 4.78 is 19.3. The van der Waals surface area contributed by atoms with Gasteiger partial charge in [0.1, 0.15) is 5.82 Å². The summed E-state index contributed by atoms with van der Waals surface area (Å²) >= 11 is 5.77. The van der Waals surface area contributed by atoms with Gasteiger partial charge in [0, 0.05) is 24.7 Å². The zero-order valence-electron chi connectivity index (χ0n) is 10.3. The molecule has 0 spiro atoms. The van der Waals surface area contributed by atoms with E-state index in [-0.39, 0.29) is 29.6 Å². The monoisotopic (exact) mass is 273 g/mol. The summed E-state index contributed by atoms with van der Waals surface area (Å²) in [6.07, 6.45) is -0.191. The van der Waals surface area contributed by atoms with Crippen molar-refractivity contribution < 1.29 is 14.2 Å². The third kappa shape index (κ3) is 3.01. The number of hydrogen-bond acceptors (Lipinski definition) is 3. The quantitative estimate of drug-likeness (QED) is 0.915. The minimum absolute atomic E-state index is 0.0127. The minimum atomic E-state index is -0.363. The van der Waals surface area contributed by atoms with Gasteiger partial charge in [0.2, 0.25) is 0 Å². The molecule has 0 aromatic heterocycles. The molecule has 2 atom stereocenters. The van der Waals surface area contributed by atoms with Crippen LogP contribution < -0.4 is 0 Å². The van der Waals surface area contributed by atoms with Crippen molar-refractivity contribution in [2.45, 2.75) is 25.6 Å². The van der Waals surface area contributed by atoms with Crippen molar-refractivity contribution in [2.75, 3.05) is 19.8 Å². The van der Waals surface area contributed by atoms with Gasteiger partial charge in [0.15, 0.2) is 0 Å². The molecule has 1 aromatic carbocycles. The van der Waals surface area contributed by atoms with Gasteiger partial charge in [0.25, 0.3) is 0 Å². The van der Waals surface area contributed by atoms with Crippen LogP contribution in [0.1, 0.15) is 12.5 Å². The smallest absolute Gasteiger partial charge is 0.146 e. The molecule has 2 rings (SSSR count). The summed E-state index contributed by atoms with van der Waals surface area (Å²) in [6, 6.07) is 5.22. The Bertz CT molecular complexity index is 416. The van der Waals surface area contributed by atoms with Gasteiger partial charge in [-0.2, -0.15) is 0 Å². The molecule has 0 radical (unpaired) electrons. The number of aliphatic hydroxyl groups is 1. The van der Waals surface area contributed by atoms with Gasteiger partial charge in [-0.3, -0.25) is 4.90 Å². The molecule has 0 bridgehead atoms. The molecule has 1 fully saturated rings. The fraction of sp³-hybridized carbons (Fsp3) is 0.538. The Morgan fingerprint density at radius 2 is 2.33 bits per heavy atom. The fourth-order valence-electron chi connectivity index (χ4n) is 2.10. The summed E-state index contributed by atoms with van der Waals surface area (Å²) in [5, 5.41) is 9.26. The third-order valence-corrected chi connectivity index (χ3v) is 3.54. The molecule has 1 saturated heterocycles. The number of aliphatic hydroxyl groups excluding tert-OH is 1. The Morgan fingerprint density at radius 3 is 3.06 bits per heavy atom. The van der Waals surface area contributed by atoms with Gasteiger partial charge in [-0.15, -0.1) is 0 Å². The van der Waals surface area contributed by atoms with Crippen LogP contribution in [0, 0.1) is 5.82 Å².